The summed E-state index contributed by atoms with van der Waals surface area (Å²) >= 11 is 9.72. The third kappa shape index (κ3) is 3.51. The van der Waals surface area contributed by atoms with Gasteiger partial charge in [-0.2, -0.15) is 0 Å². The topological polar surface area (TPSA) is 29.9 Å². The highest BCUT2D eigenvalue weighted by molar-refractivity contribution is 9.10. The molecule has 2 rings (SSSR count). The highest BCUT2D eigenvalue weighted by Gasteiger charge is 2.11. The summed E-state index contributed by atoms with van der Waals surface area (Å²) in [6, 6.07) is 5.84. The monoisotopic (exact) mass is 341 g/mol. The Hall–Kier alpha value is -1.00. The van der Waals surface area contributed by atoms with Crippen LogP contribution in [0.25, 0.3) is 5.69 Å². The Morgan fingerprint density at radius 1 is 1.42 bits per heavy atom. The second-order valence-corrected chi connectivity index (χ2v) is 6.27. The summed E-state index contributed by atoms with van der Waals surface area (Å²) in [4.78, 5) is 4.50. The highest BCUT2D eigenvalue weighted by Crippen LogP contribution is 2.27. The number of imidazole rings is 1. The first kappa shape index (κ1) is 14.4. The van der Waals surface area contributed by atoms with E-state index in [9.17, 15) is 0 Å². The van der Waals surface area contributed by atoms with E-state index in [-0.39, 0.29) is 0 Å². The normalized spacial score (nSPS) is 11.1. The van der Waals surface area contributed by atoms with Gasteiger partial charge in [-0.15, -0.1) is 0 Å². The maximum atomic E-state index is 6.30. The average Bonchev–Trinajstić information content (AvgIpc) is 2.67. The van der Waals surface area contributed by atoms with Crippen molar-refractivity contribution in [1.29, 1.82) is 0 Å². The summed E-state index contributed by atoms with van der Waals surface area (Å²) in [6.45, 7) is 7.19. The Morgan fingerprint density at radius 2 is 2.16 bits per heavy atom. The molecule has 19 heavy (non-hydrogen) atoms. The van der Waals surface area contributed by atoms with Crippen molar-refractivity contribution in [3.63, 3.8) is 0 Å². The van der Waals surface area contributed by atoms with Crippen molar-refractivity contribution < 1.29 is 0 Å². The first-order chi connectivity index (χ1) is 8.97. The molecule has 1 aromatic heterocycles. The van der Waals surface area contributed by atoms with Crippen LogP contribution in [-0.4, -0.2) is 16.1 Å². The van der Waals surface area contributed by atoms with Gasteiger partial charge in [-0.05, 0) is 31.0 Å². The van der Waals surface area contributed by atoms with Crippen LogP contribution in [0.2, 0.25) is 5.02 Å². The summed E-state index contributed by atoms with van der Waals surface area (Å²) in [5.41, 5.74) is 1.89. The highest BCUT2D eigenvalue weighted by atomic mass is 79.9. The minimum atomic E-state index is 0.561. The van der Waals surface area contributed by atoms with E-state index < -0.39 is 0 Å². The zero-order valence-electron chi connectivity index (χ0n) is 11.2. The molecule has 0 atom stereocenters. The molecule has 0 unspecified atom stereocenters. The van der Waals surface area contributed by atoms with E-state index in [2.05, 4.69) is 40.1 Å². The van der Waals surface area contributed by atoms with E-state index in [4.69, 9.17) is 11.6 Å². The van der Waals surface area contributed by atoms with Crippen molar-refractivity contribution in [3.05, 3.63) is 39.6 Å². The van der Waals surface area contributed by atoms with Crippen LogP contribution in [0.5, 0.6) is 0 Å². The summed E-state index contributed by atoms with van der Waals surface area (Å²) in [5.74, 6) is 1.39. The summed E-state index contributed by atoms with van der Waals surface area (Å²) < 4.78 is 2.96. The predicted molar refractivity (Wildman–Crippen MR) is 84.3 cm³/mol. The molecule has 0 radical (unpaired) electrons. The van der Waals surface area contributed by atoms with Gasteiger partial charge in [0.15, 0.2) is 0 Å². The number of anilines is 1. The average molecular weight is 343 g/mol. The lowest BCUT2D eigenvalue weighted by Crippen LogP contribution is -2.12. The number of nitrogens with zero attached hydrogens (tertiary/aromatic N) is 2. The van der Waals surface area contributed by atoms with Gasteiger partial charge >= 0.3 is 0 Å². The molecule has 1 N–H and O–H groups in total. The molecule has 0 bridgehead atoms. The van der Waals surface area contributed by atoms with Crippen LogP contribution in [0.1, 0.15) is 19.5 Å². The summed E-state index contributed by atoms with van der Waals surface area (Å²) in [5, 5.41) is 4.05. The third-order valence-corrected chi connectivity index (χ3v) is 3.46. The van der Waals surface area contributed by atoms with E-state index in [1.54, 1.807) is 0 Å². The quantitative estimate of drug-likeness (QED) is 0.875. The maximum absolute atomic E-state index is 6.30. The van der Waals surface area contributed by atoms with E-state index in [0.717, 1.165) is 28.3 Å². The minimum Gasteiger partial charge on any atom is -0.355 e. The number of hydrogen-bond donors (Lipinski definition) is 1. The standard InChI is InChI=1S/C14H17BrClN3/c1-9(2)7-17-14-18-10(3)8-19(14)13-5-4-11(15)6-12(13)16/h4-6,8-9H,7H2,1-3H3,(H,17,18). The van der Waals surface area contributed by atoms with E-state index in [0.29, 0.717) is 10.9 Å². The van der Waals surface area contributed by atoms with E-state index >= 15 is 0 Å². The number of aromatic nitrogens is 2. The lowest BCUT2D eigenvalue weighted by Gasteiger charge is -2.12. The van der Waals surface area contributed by atoms with Crippen molar-refractivity contribution in [1.82, 2.24) is 9.55 Å². The van der Waals surface area contributed by atoms with Gasteiger partial charge in [0.25, 0.3) is 0 Å². The number of aryl methyl sites for hydroxylation is 1. The van der Waals surface area contributed by atoms with Crippen molar-refractivity contribution in [2.24, 2.45) is 5.92 Å². The minimum absolute atomic E-state index is 0.561. The van der Waals surface area contributed by atoms with Crippen molar-refractivity contribution in [3.8, 4) is 5.69 Å². The van der Waals surface area contributed by atoms with Crippen LogP contribution in [0.4, 0.5) is 5.95 Å². The molecule has 0 saturated carbocycles. The van der Waals surface area contributed by atoms with Crippen LogP contribution < -0.4 is 5.32 Å². The lowest BCUT2D eigenvalue weighted by atomic mass is 10.2. The third-order valence-electron chi connectivity index (χ3n) is 2.66. The molecular weight excluding hydrogens is 326 g/mol. The summed E-state index contributed by atoms with van der Waals surface area (Å²) in [6.07, 6.45) is 1.98. The molecule has 1 heterocycles. The number of nitrogens with one attached hydrogen (secondary N) is 1. The molecule has 102 valence electrons. The zero-order valence-corrected chi connectivity index (χ0v) is 13.6. The van der Waals surface area contributed by atoms with Crippen molar-refractivity contribution in [2.75, 3.05) is 11.9 Å². The second-order valence-electron chi connectivity index (χ2n) is 4.95. The first-order valence-electron chi connectivity index (χ1n) is 6.22. The zero-order chi connectivity index (χ0) is 14.0. The van der Waals surface area contributed by atoms with E-state index in [1.165, 1.54) is 0 Å². The van der Waals surface area contributed by atoms with Crippen molar-refractivity contribution >= 4 is 33.5 Å². The van der Waals surface area contributed by atoms with Crippen LogP contribution in [0.15, 0.2) is 28.9 Å². The molecule has 0 aliphatic rings. The van der Waals surface area contributed by atoms with Gasteiger partial charge in [-0.3, -0.25) is 4.57 Å². The molecule has 3 nitrogen and oxygen atoms in total. The maximum Gasteiger partial charge on any atom is 0.207 e. The fourth-order valence-electron chi connectivity index (χ4n) is 1.78. The fraction of sp³-hybridized carbons (Fsp3) is 0.357. The smallest absolute Gasteiger partial charge is 0.207 e. The van der Waals surface area contributed by atoms with Crippen LogP contribution in [-0.2, 0) is 0 Å². The van der Waals surface area contributed by atoms with Gasteiger partial charge in [0, 0.05) is 17.2 Å². The van der Waals surface area contributed by atoms with Gasteiger partial charge in [-0.1, -0.05) is 41.4 Å². The number of rotatable bonds is 4. The summed E-state index contributed by atoms with van der Waals surface area (Å²) in [7, 11) is 0. The predicted octanol–water partition coefficient (Wildman–Crippen LogP) is 4.66. The van der Waals surface area contributed by atoms with Gasteiger partial charge in [0.1, 0.15) is 0 Å². The number of benzene rings is 1. The molecule has 5 heteroatoms. The molecule has 0 spiro atoms. The molecular formula is C14H17BrClN3. The molecule has 0 amide bonds. The first-order valence-corrected chi connectivity index (χ1v) is 7.39. The SMILES string of the molecule is Cc1cn(-c2ccc(Br)cc2Cl)c(NCC(C)C)n1. The van der Waals surface area contributed by atoms with Gasteiger partial charge in [0.05, 0.1) is 16.4 Å². The van der Waals surface area contributed by atoms with Crippen LogP contribution in [0.3, 0.4) is 0 Å². The van der Waals surface area contributed by atoms with Crippen LogP contribution in [0, 0.1) is 12.8 Å². The number of hydrogen-bond acceptors (Lipinski definition) is 2. The second kappa shape index (κ2) is 5.97. The molecule has 0 aliphatic heterocycles. The fourth-order valence-corrected chi connectivity index (χ4v) is 2.54. The van der Waals surface area contributed by atoms with Crippen molar-refractivity contribution in [2.45, 2.75) is 20.8 Å². The largest absolute Gasteiger partial charge is 0.355 e. The Balaban J connectivity index is 2.38. The van der Waals surface area contributed by atoms with Gasteiger partial charge in [-0.25, -0.2) is 4.98 Å². The Morgan fingerprint density at radius 3 is 2.79 bits per heavy atom. The Labute approximate surface area is 127 Å². The number of halogens is 2. The van der Waals surface area contributed by atoms with Gasteiger partial charge < -0.3 is 5.32 Å². The van der Waals surface area contributed by atoms with Crippen LogP contribution >= 0.6 is 27.5 Å². The van der Waals surface area contributed by atoms with Gasteiger partial charge in [0.2, 0.25) is 5.95 Å². The Bertz CT molecular complexity index is 578. The Kier molecular flexibility index (Phi) is 4.53. The van der Waals surface area contributed by atoms with E-state index in [1.807, 2.05) is 35.9 Å². The molecule has 1 aromatic carbocycles. The molecule has 0 saturated heterocycles. The molecule has 0 fully saturated rings. The molecule has 0 aliphatic carbocycles. The molecule has 2 aromatic rings. The lowest BCUT2D eigenvalue weighted by molar-refractivity contribution is 0.683.